The van der Waals surface area contributed by atoms with Gasteiger partial charge in [-0.05, 0) is 41.3 Å². The Labute approximate surface area is 160 Å². The van der Waals surface area contributed by atoms with E-state index < -0.39 is 5.72 Å². The van der Waals surface area contributed by atoms with Crippen LogP contribution in [-0.2, 0) is 11.1 Å². The minimum atomic E-state index is -1.04. The maximum absolute atomic E-state index is 11.9. The van der Waals surface area contributed by atoms with Crippen LogP contribution in [0.4, 0.5) is 5.69 Å². The molecule has 0 saturated heterocycles. The molecular weight excluding hydrogens is 340 g/mol. The second-order valence-corrected chi connectivity index (χ2v) is 9.28. The monoisotopic (exact) mass is 367 g/mol. The van der Waals surface area contributed by atoms with Crippen LogP contribution in [0.3, 0.4) is 0 Å². The van der Waals surface area contributed by atoms with Crippen molar-refractivity contribution in [2.24, 2.45) is 0 Å². The molecule has 3 nitrogen and oxygen atoms in total. The number of rotatable bonds is 2. The van der Waals surface area contributed by atoms with Crippen molar-refractivity contribution in [2.75, 3.05) is 23.7 Å². The van der Waals surface area contributed by atoms with Gasteiger partial charge < -0.3 is 5.11 Å². The van der Waals surface area contributed by atoms with Crippen molar-refractivity contribution in [1.82, 2.24) is 0 Å². The number of para-hydroxylation sites is 1. The van der Waals surface area contributed by atoms with Crippen LogP contribution in [0.25, 0.3) is 0 Å². The zero-order chi connectivity index (χ0) is 18.4. The molecule has 0 unspecified atom stereocenters. The molecule has 0 aromatic heterocycles. The summed E-state index contributed by atoms with van der Waals surface area (Å²) in [5.41, 5.74) is 2.36. The fourth-order valence-corrected chi connectivity index (χ4v) is 4.99. The molecule has 136 valence electrons. The zero-order valence-corrected chi connectivity index (χ0v) is 16.6. The maximum Gasteiger partial charge on any atom is 0.316 e. The summed E-state index contributed by atoms with van der Waals surface area (Å²) < 4.78 is 2.33. The highest BCUT2D eigenvalue weighted by atomic mass is 32.2. The Morgan fingerprint density at radius 3 is 2.38 bits per heavy atom. The normalized spacial score (nSPS) is 23.3. The molecule has 0 amide bonds. The minimum Gasteiger partial charge on any atom is -0.346 e. The lowest BCUT2D eigenvalue weighted by molar-refractivity contribution is -0.532. The fourth-order valence-electron chi connectivity index (χ4n) is 3.81. The first-order valence-corrected chi connectivity index (χ1v) is 10.3. The lowest BCUT2D eigenvalue weighted by Crippen LogP contribution is -2.46. The number of hydrogen-bond acceptors (Lipinski definition) is 3. The lowest BCUT2D eigenvalue weighted by Gasteiger charge is -2.29. The van der Waals surface area contributed by atoms with Gasteiger partial charge in [0.25, 0.3) is 5.72 Å². The highest BCUT2D eigenvalue weighted by molar-refractivity contribution is 8.14. The Kier molecular flexibility index (Phi) is 4.36. The van der Waals surface area contributed by atoms with Crippen molar-refractivity contribution in [2.45, 2.75) is 38.3 Å². The second kappa shape index (κ2) is 6.43. The van der Waals surface area contributed by atoms with E-state index in [0.717, 1.165) is 30.0 Å². The molecule has 26 heavy (non-hydrogen) atoms. The molecule has 2 aromatic rings. The van der Waals surface area contributed by atoms with E-state index in [4.69, 9.17) is 0 Å². The molecule has 2 heterocycles. The Balaban J connectivity index is 1.78. The van der Waals surface area contributed by atoms with E-state index in [2.05, 4.69) is 66.6 Å². The lowest BCUT2D eigenvalue weighted by atomic mass is 9.86. The van der Waals surface area contributed by atoms with Gasteiger partial charge in [-0.1, -0.05) is 63.2 Å². The highest BCUT2D eigenvalue weighted by Crippen LogP contribution is 2.40. The second-order valence-electron chi connectivity index (χ2n) is 8.22. The molecule has 1 atom stereocenters. The van der Waals surface area contributed by atoms with Crippen molar-refractivity contribution in [3.63, 3.8) is 0 Å². The largest absolute Gasteiger partial charge is 0.346 e. The summed E-state index contributed by atoms with van der Waals surface area (Å²) in [6.07, 6.45) is 1.16. The Morgan fingerprint density at radius 1 is 1.04 bits per heavy atom. The van der Waals surface area contributed by atoms with Crippen LogP contribution in [0.1, 0.15) is 38.3 Å². The van der Waals surface area contributed by atoms with Crippen molar-refractivity contribution in [3.05, 3.63) is 65.7 Å². The zero-order valence-electron chi connectivity index (χ0n) is 15.8. The summed E-state index contributed by atoms with van der Waals surface area (Å²) in [6, 6.07) is 18.8. The van der Waals surface area contributed by atoms with Crippen LogP contribution in [-0.4, -0.2) is 33.7 Å². The number of benzene rings is 2. The number of hydrogen-bond donors (Lipinski definition) is 1. The molecule has 0 bridgehead atoms. The molecule has 4 heteroatoms. The molecule has 4 rings (SSSR count). The predicted molar refractivity (Wildman–Crippen MR) is 110 cm³/mol. The molecule has 1 N–H and O–H groups in total. The average Bonchev–Trinajstić information content (AvgIpc) is 2.95. The first-order valence-electron chi connectivity index (χ1n) is 9.33. The van der Waals surface area contributed by atoms with Crippen LogP contribution in [0.5, 0.6) is 0 Å². The van der Waals surface area contributed by atoms with Crippen LogP contribution in [0.15, 0.2) is 54.6 Å². The standard InChI is InChI=1S/C22H27N2OS/c1-21(2,3)17-10-12-18(13-11-17)22(25)16-23-14-7-15-26-20(23)24(22)19-8-5-4-6-9-19/h4-6,8-13,25H,7,14-16H2,1-3H3/q+1/t22-/m0/s1. The van der Waals surface area contributed by atoms with E-state index in [1.807, 2.05) is 30.0 Å². The summed E-state index contributed by atoms with van der Waals surface area (Å²) >= 11 is 1.85. The molecular formula is C22H27N2OS+. The maximum atomic E-state index is 11.9. The van der Waals surface area contributed by atoms with E-state index in [9.17, 15) is 5.11 Å². The summed E-state index contributed by atoms with van der Waals surface area (Å²) in [5.74, 6) is 1.11. The van der Waals surface area contributed by atoms with Gasteiger partial charge >= 0.3 is 5.17 Å². The van der Waals surface area contributed by atoms with Crippen molar-refractivity contribution in [1.29, 1.82) is 0 Å². The molecule has 0 aliphatic carbocycles. The van der Waals surface area contributed by atoms with Crippen LogP contribution >= 0.6 is 11.8 Å². The van der Waals surface area contributed by atoms with Crippen LogP contribution in [0.2, 0.25) is 0 Å². The summed E-state index contributed by atoms with van der Waals surface area (Å²) in [7, 11) is 0. The third kappa shape index (κ3) is 2.95. The quantitative estimate of drug-likeness (QED) is 0.808. The highest BCUT2D eigenvalue weighted by Gasteiger charge is 2.55. The van der Waals surface area contributed by atoms with Gasteiger partial charge in [-0.25, -0.2) is 4.58 Å². The first-order chi connectivity index (χ1) is 12.4. The van der Waals surface area contributed by atoms with E-state index in [1.54, 1.807) is 0 Å². The van der Waals surface area contributed by atoms with Gasteiger partial charge in [-0.15, -0.1) is 0 Å². The molecule has 2 aliphatic rings. The molecule has 2 aromatic carbocycles. The number of thioether (sulfide) groups is 1. The smallest absolute Gasteiger partial charge is 0.316 e. The van der Waals surface area contributed by atoms with Crippen molar-refractivity contribution < 1.29 is 9.68 Å². The number of aliphatic hydroxyl groups is 1. The Bertz CT molecular complexity index is 823. The van der Waals surface area contributed by atoms with E-state index in [1.165, 1.54) is 10.7 Å². The molecule has 0 radical (unpaired) electrons. The summed E-state index contributed by atoms with van der Waals surface area (Å²) in [4.78, 5) is 2.13. The summed E-state index contributed by atoms with van der Waals surface area (Å²) in [5, 5.41) is 13.0. The van der Waals surface area contributed by atoms with Gasteiger partial charge in [0.2, 0.25) is 0 Å². The SMILES string of the molecule is CC(C)(C)c1ccc([C@@]2(O)C[N+]3=C(SCCC3)N2c2ccccc2)cc1. The van der Waals surface area contributed by atoms with Crippen LogP contribution in [0, 0.1) is 0 Å². The molecule has 0 spiro atoms. The van der Waals surface area contributed by atoms with E-state index in [-0.39, 0.29) is 5.41 Å². The van der Waals surface area contributed by atoms with Gasteiger partial charge in [-0.2, -0.15) is 4.90 Å². The van der Waals surface area contributed by atoms with Crippen LogP contribution < -0.4 is 4.90 Å². The minimum absolute atomic E-state index is 0.109. The topological polar surface area (TPSA) is 26.5 Å². The van der Waals surface area contributed by atoms with Gasteiger partial charge in [0.15, 0.2) is 6.54 Å². The third-order valence-electron chi connectivity index (χ3n) is 5.27. The molecule has 2 aliphatic heterocycles. The predicted octanol–water partition coefficient (Wildman–Crippen LogP) is 4.15. The Morgan fingerprint density at radius 2 is 1.73 bits per heavy atom. The first kappa shape index (κ1) is 17.6. The van der Waals surface area contributed by atoms with Crippen molar-refractivity contribution in [3.8, 4) is 0 Å². The van der Waals surface area contributed by atoms with Gasteiger partial charge in [0.1, 0.15) is 5.69 Å². The third-order valence-corrected chi connectivity index (χ3v) is 6.47. The van der Waals surface area contributed by atoms with Gasteiger partial charge in [0.05, 0.1) is 6.54 Å². The molecule has 0 fully saturated rings. The van der Waals surface area contributed by atoms with Crippen molar-refractivity contribution >= 4 is 22.6 Å². The van der Waals surface area contributed by atoms with E-state index in [0.29, 0.717) is 6.54 Å². The Hall–Kier alpha value is -1.78. The van der Waals surface area contributed by atoms with Gasteiger partial charge in [-0.3, -0.25) is 0 Å². The fraction of sp³-hybridized carbons (Fsp3) is 0.409. The average molecular weight is 368 g/mol. The van der Waals surface area contributed by atoms with E-state index >= 15 is 0 Å². The number of amidine groups is 1. The number of anilines is 1. The molecule has 0 saturated carbocycles. The number of nitrogens with zero attached hydrogens (tertiary/aromatic N) is 2. The van der Waals surface area contributed by atoms with Gasteiger partial charge in [0, 0.05) is 11.3 Å². The summed E-state index contributed by atoms with van der Waals surface area (Å²) in [6.45, 7) is 8.27.